The fourth-order valence-corrected chi connectivity index (χ4v) is 3.81. The van der Waals surface area contributed by atoms with E-state index in [1.54, 1.807) is 18.2 Å². The molecule has 0 aliphatic carbocycles. The van der Waals surface area contributed by atoms with Crippen LogP contribution in [0.15, 0.2) is 59.1 Å². The zero-order valence-corrected chi connectivity index (χ0v) is 16.9. The third-order valence-electron chi connectivity index (χ3n) is 5.38. The number of benzene rings is 2. The number of carbonyl (C=O) groups excluding carboxylic acids is 1. The topological polar surface area (TPSA) is 58.4 Å². The summed E-state index contributed by atoms with van der Waals surface area (Å²) in [6, 6.07) is 14.4. The molecule has 0 radical (unpaired) electrons. The maximum atomic E-state index is 13.9. The Morgan fingerprint density at radius 2 is 1.77 bits per heavy atom. The highest BCUT2D eigenvalue weighted by molar-refractivity contribution is 5.94. The number of anilines is 2. The van der Waals surface area contributed by atoms with Crippen LogP contribution in [-0.4, -0.2) is 24.0 Å². The van der Waals surface area contributed by atoms with E-state index in [9.17, 15) is 9.18 Å². The van der Waals surface area contributed by atoms with Gasteiger partial charge in [0.1, 0.15) is 5.82 Å². The van der Waals surface area contributed by atoms with Crippen LogP contribution in [0.5, 0.6) is 0 Å². The monoisotopic (exact) mass is 407 g/mol. The Labute approximate surface area is 175 Å². The van der Waals surface area contributed by atoms with E-state index in [2.05, 4.69) is 21.3 Å². The number of carbonyl (C=O) groups is 1. The van der Waals surface area contributed by atoms with Gasteiger partial charge in [-0.1, -0.05) is 37.1 Å². The van der Waals surface area contributed by atoms with Gasteiger partial charge in [0.2, 0.25) is 5.91 Å². The van der Waals surface area contributed by atoms with Gasteiger partial charge in [0.05, 0.1) is 23.1 Å². The van der Waals surface area contributed by atoms with Gasteiger partial charge in [0.25, 0.3) is 0 Å². The van der Waals surface area contributed by atoms with Crippen LogP contribution in [0.1, 0.15) is 38.0 Å². The second-order valence-electron chi connectivity index (χ2n) is 7.56. The van der Waals surface area contributed by atoms with E-state index in [4.69, 9.17) is 4.42 Å². The number of aryl methyl sites for hydroxylation is 1. The fraction of sp³-hybridized carbons (Fsp3) is 0.333. The molecule has 6 heteroatoms. The van der Waals surface area contributed by atoms with E-state index in [1.807, 2.05) is 18.2 Å². The summed E-state index contributed by atoms with van der Waals surface area (Å²) in [6.07, 6.45) is 6.97. The molecule has 1 saturated heterocycles. The number of nitrogens with zero attached hydrogens (tertiary/aromatic N) is 2. The van der Waals surface area contributed by atoms with Gasteiger partial charge in [-0.3, -0.25) is 4.79 Å². The van der Waals surface area contributed by atoms with Crippen molar-refractivity contribution in [3.05, 3.63) is 66.4 Å². The molecule has 0 saturated carbocycles. The van der Waals surface area contributed by atoms with Crippen LogP contribution in [0.4, 0.5) is 15.8 Å². The SMILES string of the molecule is O=C(CCc1ncc(-c2ccccc2F)o1)Nc1ccccc1N1CCCCCC1. The number of oxazole rings is 1. The van der Waals surface area contributed by atoms with E-state index in [1.165, 1.54) is 37.9 Å². The Morgan fingerprint density at radius 3 is 2.57 bits per heavy atom. The average Bonchev–Trinajstić information content (AvgIpc) is 3.06. The Hall–Kier alpha value is -3.15. The van der Waals surface area contributed by atoms with Crippen LogP contribution in [0.2, 0.25) is 0 Å². The van der Waals surface area contributed by atoms with E-state index in [0.717, 1.165) is 24.5 Å². The number of halogens is 1. The molecule has 1 amide bonds. The van der Waals surface area contributed by atoms with Gasteiger partial charge in [-0.2, -0.15) is 0 Å². The Bertz CT molecular complexity index is 993. The van der Waals surface area contributed by atoms with Crippen molar-refractivity contribution in [3.8, 4) is 11.3 Å². The molecule has 1 N–H and O–H groups in total. The Kier molecular flexibility index (Phi) is 6.42. The maximum Gasteiger partial charge on any atom is 0.224 e. The first kappa shape index (κ1) is 20.1. The predicted molar refractivity (Wildman–Crippen MR) is 116 cm³/mol. The van der Waals surface area contributed by atoms with Gasteiger partial charge in [0, 0.05) is 25.9 Å². The van der Waals surface area contributed by atoms with Crippen LogP contribution < -0.4 is 10.2 Å². The van der Waals surface area contributed by atoms with Gasteiger partial charge in [0.15, 0.2) is 11.7 Å². The van der Waals surface area contributed by atoms with Crippen LogP contribution in [-0.2, 0) is 11.2 Å². The molecule has 4 rings (SSSR count). The van der Waals surface area contributed by atoms with E-state index in [0.29, 0.717) is 23.6 Å². The van der Waals surface area contributed by atoms with Crippen molar-refractivity contribution >= 4 is 17.3 Å². The van der Waals surface area contributed by atoms with Crippen molar-refractivity contribution in [2.45, 2.75) is 38.5 Å². The smallest absolute Gasteiger partial charge is 0.224 e. The summed E-state index contributed by atoms with van der Waals surface area (Å²) in [4.78, 5) is 19.1. The highest BCUT2D eigenvalue weighted by Crippen LogP contribution is 2.28. The Morgan fingerprint density at radius 1 is 1.03 bits per heavy atom. The lowest BCUT2D eigenvalue weighted by atomic mass is 10.2. The molecule has 2 aromatic carbocycles. The number of aromatic nitrogens is 1. The molecule has 1 aliphatic heterocycles. The summed E-state index contributed by atoms with van der Waals surface area (Å²) >= 11 is 0. The molecule has 5 nitrogen and oxygen atoms in total. The minimum absolute atomic E-state index is 0.0945. The zero-order chi connectivity index (χ0) is 20.8. The third-order valence-corrected chi connectivity index (χ3v) is 5.38. The molecular formula is C24H26FN3O2. The lowest BCUT2D eigenvalue weighted by Crippen LogP contribution is -2.25. The largest absolute Gasteiger partial charge is 0.441 e. The summed E-state index contributed by atoms with van der Waals surface area (Å²) in [5.74, 6) is 0.338. The van der Waals surface area contributed by atoms with Crippen molar-refractivity contribution in [2.24, 2.45) is 0 Å². The zero-order valence-electron chi connectivity index (χ0n) is 16.9. The van der Waals surface area contributed by atoms with Gasteiger partial charge < -0.3 is 14.6 Å². The average molecular weight is 407 g/mol. The molecule has 1 aliphatic rings. The van der Waals surface area contributed by atoms with Gasteiger partial charge in [-0.05, 0) is 37.1 Å². The Balaban J connectivity index is 1.37. The molecule has 1 aromatic heterocycles. The van der Waals surface area contributed by atoms with Crippen molar-refractivity contribution in [1.29, 1.82) is 0 Å². The molecule has 0 spiro atoms. The molecule has 1 fully saturated rings. The first-order valence-corrected chi connectivity index (χ1v) is 10.5. The normalized spacial score (nSPS) is 14.4. The number of nitrogens with one attached hydrogen (secondary N) is 1. The summed E-state index contributed by atoms with van der Waals surface area (Å²) in [7, 11) is 0. The number of hydrogen-bond acceptors (Lipinski definition) is 4. The lowest BCUT2D eigenvalue weighted by molar-refractivity contribution is -0.116. The standard InChI is InChI=1S/C24H26FN3O2/c25-19-10-4-3-9-18(19)22-17-26-24(30-22)14-13-23(29)27-20-11-5-6-12-21(20)28-15-7-1-2-8-16-28/h3-6,9-12,17H,1-2,7-8,13-16H2,(H,27,29). The second-order valence-corrected chi connectivity index (χ2v) is 7.56. The van der Waals surface area contributed by atoms with Gasteiger partial charge >= 0.3 is 0 Å². The molecule has 3 aromatic rings. The molecule has 156 valence electrons. The number of amides is 1. The molecule has 0 bridgehead atoms. The van der Waals surface area contributed by atoms with E-state index < -0.39 is 0 Å². The quantitative estimate of drug-likeness (QED) is 0.592. The van der Waals surface area contributed by atoms with Crippen LogP contribution in [0, 0.1) is 5.82 Å². The number of hydrogen-bond donors (Lipinski definition) is 1. The van der Waals surface area contributed by atoms with Crippen molar-refractivity contribution in [3.63, 3.8) is 0 Å². The number of para-hydroxylation sites is 2. The lowest BCUT2D eigenvalue weighted by Gasteiger charge is -2.25. The van der Waals surface area contributed by atoms with Crippen LogP contribution >= 0.6 is 0 Å². The first-order valence-electron chi connectivity index (χ1n) is 10.5. The summed E-state index contributed by atoms with van der Waals surface area (Å²) in [6.45, 7) is 2.03. The minimum Gasteiger partial charge on any atom is -0.441 e. The fourth-order valence-electron chi connectivity index (χ4n) is 3.81. The van der Waals surface area contributed by atoms with E-state index >= 15 is 0 Å². The number of rotatable bonds is 6. The summed E-state index contributed by atoms with van der Waals surface area (Å²) in [5.41, 5.74) is 2.28. The minimum atomic E-state index is -0.358. The second kappa shape index (κ2) is 9.57. The molecule has 30 heavy (non-hydrogen) atoms. The molecular weight excluding hydrogens is 381 g/mol. The maximum absolute atomic E-state index is 13.9. The van der Waals surface area contributed by atoms with Crippen molar-refractivity contribution < 1.29 is 13.6 Å². The third kappa shape index (κ3) is 4.87. The van der Waals surface area contributed by atoms with E-state index in [-0.39, 0.29) is 18.1 Å². The van der Waals surface area contributed by atoms with Gasteiger partial charge in [-0.15, -0.1) is 0 Å². The highest BCUT2D eigenvalue weighted by atomic mass is 19.1. The molecule has 2 heterocycles. The van der Waals surface area contributed by atoms with Crippen molar-refractivity contribution in [1.82, 2.24) is 4.98 Å². The molecule has 0 unspecified atom stereocenters. The van der Waals surface area contributed by atoms with Gasteiger partial charge in [-0.25, -0.2) is 9.37 Å². The summed E-state index contributed by atoms with van der Waals surface area (Å²) < 4.78 is 19.5. The van der Waals surface area contributed by atoms with Crippen LogP contribution in [0.25, 0.3) is 11.3 Å². The predicted octanol–water partition coefficient (Wildman–Crippen LogP) is 5.43. The highest BCUT2D eigenvalue weighted by Gasteiger charge is 2.16. The van der Waals surface area contributed by atoms with Crippen molar-refractivity contribution in [2.75, 3.05) is 23.3 Å². The molecule has 0 atom stereocenters. The first-order chi connectivity index (χ1) is 14.7. The summed E-state index contributed by atoms with van der Waals surface area (Å²) in [5, 5.41) is 3.04. The van der Waals surface area contributed by atoms with Crippen LogP contribution in [0.3, 0.4) is 0 Å².